The van der Waals surface area contributed by atoms with Crippen LogP contribution in [-0.2, 0) is 36.6 Å². The third kappa shape index (κ3) is 7.60. The van der Waals surface area contributed by atoms with Crippen molar-refractivity contribution < 1.29 is 4.79 Å². The summed E-state index contributed by atoms with van der Waals surface area (Å²) in [6.07, 6.45) is 14.0. The second-order valence-corrected chi connectivity index (χ2v) is 12.9. The molecule has 3 aromatic rings. The van der Waals surface area contributed by atoms with Crippen LogP contribution in [0.15, 0.2) is 47.5 Å². The van der Waals surface area contributed by atoms with Crippen LogP contribution in [0.25, 0.3) is 0 Å². The summed E-state index contributed by atoms with van der Waals surface area (Å²) in [6.45, 7) is 9.56. The quantitative estimate of drug-likeness (QED) is 0.188. The average Bonchev–Trinajstić information content (AvgIpc) is 3.30. The molecule has 0 bridgehead atoms. The van der Waals surface area contributed by atoms with E-state index in [1.54, 1.807) is 6.33 Å². The van der Waals surface area contributed by atoms with Crippen LogP contribution in [-0.4, -0.2) is 45.0 Å². The summed E-state index contributed by atoms with van der Waals surface area (Å²) in [4.78, 5) is 24.3. The Kier molecular flexibility index (Phi) is 11.4. The summed E-state index contributed by atoms with van der Waals surface area (Å²) in [5.74, 6) is 0.635. The van der Waals surface area contributed by atoms with Crippen molar-refractivity contribution in [2.45, 2.75) is 84.1 Å². The van der Waals surface area contributed by atoms with Gasteiger partial charge in [0.05, 0.1) is 17.6 Å². The number of unbranched alkanes of at least 4 members (excludes halogenated alkanes) is 1. The molecule has 1 N–H and O–H groups in total. The summed E-state index contributed by atoms with van der Waals surface area (Å²) in [7, 11) is 1.98. The number of rotatable bonds is 14. The Labute approximate surface area is 259 Å². The largest absolute Gasteiger partial charge is 0.356 e. The Bertz CT molecular complexity index is 1260. The van der Waals surface area contributed by atoms with Gasteiger partial charge in [0.15, 0.2) is 0 Å². The number of fused-ring (bicyclic) bond motifs is 2. The molecule has 2 heterocycles. The van der Waals surface area contributed by atoms with Gasteiger partial charge in [0.1, 0.15) is 0 Å². The van der Waals surface area contributed by atoms with Crippen molar-refractivity contribution in [2.24, 2.45) is 13.0 Å². The number of aryl methyl sites for hydroxylation is 3. The Morgan fingerprint density at radius 1 is 1.20 bits per heavy atom. The fourth-order valence-corrected chi connectivity index (χ4v) is 7.09. The van der Waals surface area contributed by atoms with Crippen molar-refractivity contribution in [3.05, 3.63) is 80.6 Å². The predicted molar refractivity (Wildman–Crippen MR) is 171 cm³/mol. The van der Waals surface area contributed by atoms with Crippen LogP contribution < -0.4 is 5.32 Å². The topological polar surface area (TPSA) is 63.1 Å². The maximum Gasteiger partial charge on any atom is 0.220 e. The highest BCUT2D eigenvalue weighted by Gasteiger charge is 2.44. The fraction of sp³-hybridized carbons (Fsp3) is 0.545. The number of hydrogen-bond donors (Lipinski definition) is 1. The first-order valence-electron chi connectivity index (χ1n) is 15.2. The molecule has 0 fully saturated rings. The van der Waals surface area contributed by atoms with E-state index in [0.717, 1.165) is 79.6 Å². The lowest BCUT2D eigenvalue weighted by Gasteiger charge is -2.46. The Hall–Kier alpha value is -2.22. The van der Waals surface area contributed by atoms with Gasteiger partial charge >= 0.3 is 0 Å². The van der Waals surface area contributed by atoms with Gasteiger partial charge in [-0.1, -0.05) is 44.9 Å². The molecule has 2 unspecified atom stereocenters. The summed E-state index contributed by atoms with van der Waals surface area (Å²) in [5, 5.41) is 3.86. The van der Waals surface area contributed by atoms with E-state index in [1.165, 1.54) is 22.4 Å². The lowest BCUT2D eigenvalue weighted by molar-refractivity contribution is -0.121. The predicted octanol–water partition coefficient (Wildman–Crippen LogP) is 7.25. The second-order valence-electron chi connectivity index (χ2n) is 11.6. The van der Waals surface area contributed by atoms with Crippen LogP contribution in [0.2, 0.25) is 5.02 Å². The van der Waals surface area contributed by atoms with Crippen LogP contribution in [0.3, 0.4) is 0 Å². The van der Waals surface area contributed by atoms with Gasteiger partial charge in [-0.3, -0.25) is 14.7 Å². The number of nitrogens with one attached hydrogen (secondary N) is 1. The molecule has 1 aliphatic carbocycles. The number of nitrogens with zero attached hydrogens (tertiary/aromatic N) is 4. The van der Waals surface area contributed by atoms with Crippen LogP contribution in [0.5, 0.6) is 0 Å². The van der Waals surface area contributed by atoms with Crippen LogP contribution in [0, 0.1) is 5.92 Å². The minimum absolute atomic E-state index is 0.139. The van der Waals surface area contributed by atoms with Crippen LogP contribution >= 0.6 is 27.5 Å². The van der Waals surface area contributed by atoms with Gasteiger partial charge in [-0.05, 0) is 102 Å². The highest BCUT2D eigenvalue weighted by atomic mass is 79.9. The van der Waals surface area contributed by atoms with Gasteiger partial charge in [0, 0.05) is 60.6 Å². The van der Waals surface area contributed by atoms with E-state index in [4.69, 9.17) is 16.6 Å². The van der Waals surface area contributed by atoms with Gasteiger partial charge < -0.3 is 9.88 Å². The third-order valence-electron chi connectivity index (χ3n) is 8.55. The van der Waals surface area contributed by atoms with E-state index < -0.39 is 0 Å². The first-order chi connectivity index (χ1) is 19.8. The molecular weight excluding hydrogens is 598 g/mol. The highest BCUT2D eigenvalue weighted by molar-refractivity contribution is 9.10. The SMILES string of the molecule is CCCN(CC(C)CCCCC(=O)NCCc1cncn1C)C1(CC)c2ccc(Cl)cc2CCc2cc(Br)cnc21. The van der Waals surface area contributed by atoms with E-state index in [9.17, 15) is 4.79 Å². The van der Waals surface area contributed by atoms with E-state index in [1.807, 2.05) is 30.1 Å². The number of aromatic nitrogens is 3. The summed E-state index contributed by atoms with van der Waals surface area (Å²) in [6, 6.07) is 8.72. The number of hydrogen-bond acceptors (Lipinski definition) is 4. The number of carbonyl (C=O) groups excluding carboxylic acids is 1. The molecule has 1 amide bonds. The van der Waals surface area contributed by atoms with E-state index >= 15 is 0 Å². The van der Waals surface area contributed by atoms with Crippen molar-refractivity contribution in [2.75, 3.05) is 19.6 Å². The minimum atomic E-state index is -0.301. The standard InChI is InChI=1S/C33H45BrClN5O/c1-5-17-40(22-24(3)9-7-8-10-31(41)37-16-15-29-21-36-23-39(29)4)33(6-2)30-14-13-28(35)19-25(30)11-12-26-18-27(34)20-38-32(26)33/h13-14,18-21,23-24H,5-12,15-17,22H2,1-4H3,(H,37,41). The van der Waals surface area contributed by atoms with Gasteiger partial charge in [-0.25, -0.2) is 4.98 Å². The zero-order chi connectivity index (χ0) is 29.4. The molecule has 8 heteroatoms. The van der Waals surface area contributed by atoms with E-state index in [2.05, 4.69) is 70.1 Å². The molecule has 0 saturated heterocycles. The first-order valence-corrected chi connectivity index (χ1v) is 16.4. The lowest BCUT2D eigenvalue weighted by atomic mass is 9.78. The first kappa shape index (κ1) is 31.7. The fourth-order valence-electron chi connectivity index (χ4n) is 6.51. The molecule has 6 nitrogen and oxygen atoms in total. The number of pyridine rings is 1. The number of imidazole rings is 1. The normalized spacial score (nSPS) is 17.1. The smallest absolute Gasteiger partial charge is 0.220 e. The van der Waals surface area contributed by atoms with Gasteiger partial charge in [0.25, 0.3) is 0 Å². The molecule has 41 heavy (non-hydrogen) atoms. The zero-order valence-corrected chi connectivity index (χ0v) is 27.4. The molecule has 4 rings (SSSR count). The van der Waals surface area contributed by atoms with Crippen molar-refractivity contribution in [1.29, 1.82) is 0 Å². The zero-order valence-electron chi connectivity index (χ0n) is 25.1. The lowest BCUT2D eigenvalue weighted by Crippen LogP contribution is -2.50. The minimum Gasteiger partial charge on any atom is -0.356 e. The van der Waals surface area contributed by atoms with Crippen molar-refractivity contribution in [3.63, 3.8) is 0 Å². The monoisotopic (exact) mass is 641 g/mol. The molecule has 0 radical (unpaired) electrons. The molecule has 0 aliphatic heterocycles. The van der Waals surface area contributed by atoms with E-state index in [0.29, 0.717) is 18.9 Å². The number of amides is 1. The van der Waals surface area contributed by atoms with E-state index in [-0.39, 0.29) is 11.4 Å². The number of benzene rings is 1. The molecule has 2 atom stereocenters. The number of carbonyl (C=O) groups is 1. The van der Waals surface area contributed by atoms with Crippen molar-refractivity contribution >= 4 is 33.4 Å². The summed E-state index contributed by atoms with van der Waals surface area (Å²) >= 11 is 10.2. The highest BCUT2D eigenvalue weighted by Crippen LogP contribution is 2.45. The Morgan fingerprint density at radius 3 is 2.73 bits per heavy atom. The van der Waals surface area contributed by atoms with Gasteiger partial charge in [-0.15, -0.1) is 0 Å². The van der Waals surface area contributed by atoms with Gasteiger partial charge in [-0.2, -0.15) is 0 Å². The van der Waals surface area contributed by atoms with Crippen LogP contribution in [0.4, 0.5) is 0 Å². The summed E-state index contributed by atoms with van der Waals surface area (Å²) in [5.41, 5.74) is 6.01. The maximum absolute atomic E-state index is 12.4. The van der Waals surface area contributed by atoms with Gasteiger partial charge in [0.2, 0.25) is 5.91 Å². The van der Waals surface area contributed by atoms with Crippen molar-refractivity contribution in [3.8, 4) is 0 Å². The molecule has 1 aliphatic rings. The molecule has 0 spiro atoms. The molecule has 2 aromatic heterocycles. The molecule has 222 valence electrons. The molecule has 1 aromatic carbocycles. The third-order valence-corrected chi connectivity index (χ3v) is 9.22. The maximum atomic E-state index is 12.4. The molecular formula is C33H45BrClN5O. The Balaban J connectivity index is 1.43. The molecule has 0 saturated carbocycles. The Morgan fingerprint density at radius 2 is 2.00 bits per heavy atom. The number of halogens is 2. The van der Waals surface area contributed by atoms with Crippen molar-refractivity contribution in [1.82, 2.24) is 24.8 Å². The summed E-state index contributed by atoms with van der Waals surface area (Å²) < 4.78 is 3.02. The average molecular weight is 643 g/mol. The second kappa shape index (κ2) is 14.8. The van der Waals surface area contributed by atoms with Crippen LogP contribution in [0.1, 0.15) is 87.4 Å².